The molecule has 0 saturated heterocycles. The van der Waals surface area contributed by atoms with Crippen LogP contribution in [0.4, 0.5) is 9.59 Å². The molecule has 2 N–H and O–H groups in total. The summed E-state index contributed by atoms with van der Waals surface area (Å²) in [6.07, 6.45) is 2.68. The largest absolute Gasteiger partial charge is 0.513 e. The highest BCUT2D eigenvalue weighted by Gasteiger charge is 2.25. The van der Waals surface area contributed by atoms with Gasteiger partial charge in [0, 0.05) is 6.07 Å². The van der Waals surface area contributed by atoms with Gasteiger partial charge in [-0.05, 0) is 68.5 Å². The van der Waals surface area contributed by atoms with Crippen LogP contribution >= 0.6 is 0 Å². The molecule has 1 unspecified atom stereocenters. The zero-order valence-corrected chi connectivity index (χ0v) is 24.2. The normalized spacial score (nSPS) is 12.0. The molecule has 0 heterocycles. The van der Waals surface area contributed by atoms with Gasteiger partial charge in [-0.15, -0.1) is 0 Å². The van der Waals surface area contributed by atoms with Crippen LogP contribution in [0.15, 0.2) is 42.5 Å². The summed E-state index contributed by atoms with van der Waals surface area (Å²) in [5, 5.41) is 5.26. The number of hydrogen-bond donors (Lipinski definition) is 2. The van der Waals surface area contributed by atoms with Crippen molar-refractivity contribution in [3.05, 3.63) is 53.6 Å². The van der Waals surface area contributed by atoms with Gasteiger partial charge in [0.25, 0.3) is 0 Å². The lowest BCUT2D eigenvalue weighted by molar-refractivity contribution is -0.123. The monoisotopic (exact) mass is 556 g/mol. The van der Waals surface area contributed by atoms with E-state index in [0.29, 0.717) is 23.7 Å². The van der Waals surface area contributed by atoms with Gasteiger partial charge in [0.15, 0.2) is 0 Å². The zero-order valence-electron chi connectivity index (χ0n) is 24.2. The van der Waals surface area contributed by atoms with Crippen LogP contribution in [-0.2, 0) is 14.3 Å². The molecule has 0 fully saturated rings. The summed E-state index contributed by atoms with van der Waals surface area (Å²) in [5.41, 5.74) is 1.11. The second-order valence-electron chi connectivity index (χ2n) is 10.4. The Morgan fingerprint density at radius 3 is 2.02 bits per heavy atom. The van der Waals surface area contributed by atoms with Crippen molar-refractivity contribution in [1.82, 2.24) is 10.6 Å². The number of carbonyl (C=O) groups is 3. The Kier molecular flexibility index (Phi) is 12.3. The Labute approximate surface area is 236 Å². The Balaban J connectivity index is 1.81. The minimum absolute atomic E-state index is 0.0529. The van der Waals surface area contributed by atoms with Crippen LogP contribution in [-0.4, -0.2) is 57.2 Å². The molecule has 0 aromatic heterocycles. The second-order valence-corrected chi connectivity index (χ2v) is 10.4. The summed E-state index contributed by atoms with van der Waals surface area (Å²) in [6.45, 7) is 9.07. The van der Waals surface area contributed by atoms with Gasteiger partial charge < -0.3 is 34.3 Å². The van der Waals surface area contributed by atoms with E-state index in [9.17, 15) is 14.4 Å². The van der Waals surface area contributed by atoms with Crippen LogP contribution in [0, 0.1) is 5.92 Å². The average molecular weight is 557 g/mol. The number of carbonyl (C=O) groups excluding carboxylic acids is 3. The van der Waals surface area contributed by atoms with Gasteiger partial charge >= 0.3 is 12.2 Å². The van der Waals surface area contributed by atoms with Gasteiger partial charge in [-0.2, -0.15) is 0 Å². The molecular formula is C30H40N2O8. The maximum Gasteiger partial charge on any atom is 0.513 e. The average Bonchev–Trinajstić information content (AvgIpc) is 2.88. The van der Waals surface area contributed by atoms with E-state index in [4.69, 9.17) is 23.7 Å². The summed E-state index contributed by atoms with van der Waals surface area (Å²) >= 11 is 0. The highest BCUT2D eigenvalue weighted by Crippen LogP contribution is 2.24. The lowest BCUT2D eigenvalue weighted by atomic mass is 10.0. The molecule has 0 bridgehead atoms. The molecule has 0 radical (unpaired) electrons. The van der Waals surface area contributed by atoms with E-state index >= 15 is 0 Å². The van der Waals surface area contributed by atoms with E-state index < -0.39 is 29.8 Å². The standard InChI is InChI=1S/C30H40N2O8/c1-20(2)16-26(32-28(34)40-30(3,4)5)27(33)31-14-15-38-29(35)39-23-12-10-21(11-13-23)8-9-22-17-24(36-6)19-25(18-22)37-7/h8-13,17-20,26H,14-16H2,1-7H3,(H,31,33)(H,32,34)/b9-8+. The van der Waals surface area contributed by atoms with Crippen LogP contribution in [0.2, 0.25) is 0 Å². The predicted molar refractivity (Wildman–Crippen MR) is 153 cm³/mol. The first kappa shape index (κ1) is 32.0. The fourth-order valence-electron chi connectivity index (χ4n) is 3.48. The predicted octanol–water partition coefficient (Wildman–Crippen LogP) is 5.45. The Morgan fingerprint density at radius 1 is 0.875 bits per heavy atom. The lowest BCUT2D eigenvalue weighted by Crippen LogP contribution is -2.49. The number of benzene rings is 2. The van der Waals surface area contributed by atoms with Gasteiger partial charge in [0.2, 0.25) is 5.91 Å². The fourth-order valence-corrected chi connectivity index (χ4v) is 3.48. The quantitative estimate of drug-likeness (QED) is 0.153. The van der Waals surface area contributed by atoms with Gasteiger partial charge in [0.05, 0.1) is 20.8 Å². The van der Waals surface area contributed by atoms with E-state index in [0.717, 1.165) is 11.1 Å². The molecule has 10 nitrogen and oxygen atoms in total. The third kappa shape index (κ3) is 12.1. The molecule has 218 valence electrons. The maximum absolute atomic E-state index is 12.6. The molecule has 2 amide bonds. The van der Waals surface area contributed by atoms with Crippen molar-refractivity contribution in [3.8, 4) is 17.2 Å². The molecular weight excluding hydrogens is 516 g/mol. The van der Waals surface area contributed by atoms with Crippen LogP contribution in [0.5, 0.6) is 17.2 Å². The van der Waals surface area contributed by atoms with E-state index in [2.05, 4.69) is 10.6 Å². The molecule has 2 aromatic carbocycles. The summed E-state index contributed by atoms with van der Waals surface area (Å²) in [7, 11) is 3.19. The van der Waals surface area contributed by atoms with Crippen LogP contribution in [0.25, 0.3) is 12.2 Å². The molecule has 0 aliphatic rings. The van der Waals surface area contributed by atoms with Crippen molar-refractivity contribution < 1.29 is 38.1 Å². The van der Waals surface area contributed by atoms with Crippen LogP contribution in [0.3, 0.4) is 0 Å². The summed E-state index contributed by atoms with van der Waals surface area (Å²) < 4.78 is 26.1. The molecule has 0 aliphatic carbocycles. The molecule has 0 aliphatic heterocycles. The summed E-state index contributed by atoms with van der Waals surface area (Å²) in [6, 6.07) is 11.7. The van der Waals surface area contributed by atoms with Crippen molar-refractivity contribution in [2.75, 3.05) is 27.4 Å². The number of nitrogens with one attached hydrogen (secondary N) is 2. The van der Waals surface area contributed by atoms with Gasteiger partial charge in [-0.1, -0.05) is 38.1 Å². The molecule has 10 heteroatoms. The van der Waals surface area contributed by atoms with Gasteiger partial charge in [-0.3, -0.25) is 4.79 Å². The number of ether oxygens (including phenoxy) is 5. The molecule has 40 heavy (non-hydrogen) atoms. The fraction of sp³-hybridized carbons (Fsp3) is 0.433. The highest BCUT2D eigenvalue weighted by atomic mass is 16.7. The van der Waals surface area contributed by atoms with Crippen molar-refractivity contribution in [2.45, 2.75) is 52.7 Å². The van der Waals surface area contributed by atoms with Crippen molar-refractivity contribution >= 4 is 30.3 Å². The van der Waals surface area contributed by atoms with Gasteiger partial charge in [0.1, 0.15) is 35.5 Å². The topological polar surface area (TPSA) is 121 Å². The van der Waals surface area contributed by atoms with E-state index in [1.807, 2.05) is 38.1 Å². The number of hydrogen-bond acceptors (Lipinski definition) is 8. The molecule has 0 saturated carbocycles. The number of alkyl carbamates (subject to hydrolysis) is 1. The first-order valence-electron chi connectivity index (χ1n) is 13.0. The second kappa shape index (κ2) is 15.4. The van der Waals surface area contributed by atoms with Crippen molar-refractivity contribution in [1.29, 1.82) is 0 Å². The SMILES string of the molecule is COc1cc(/C=C/c2ccc(OC(=O)OCCNC(=O)C(CC(C)C)NC(=O)OC(C)(C)C)cc2)cc(OC)c1. The molecule has 2 aromatic rings. The highest BCUT2D eigenvalue weighted by molar-refractivity contribution is 5.85. The van der Waals surface area contributed by atoms with E-state index in [-0.39, 0.29) is 19.1 Å². The summed E-state index contributed by atoms with van der Waals surface area (Å²) in [5.74, 6) is 1.45. The Bertz CT molecular complexity index is 1130. The Hall–Kier alpha value is -4.21. The third-order valence-electron chi connectivity index (χ3n) is 5.26. The number of amides is 2. The van der Waals surface area contributed by atoms with Crippen LogP contribution in [0.1, 0.15) is 52.2 Å². The molecule has 1 atom stereocenters. The molecule has 0 spiro atoms. The first-order chi connectivity index (χ1) is 18.9. The number of methoxy groups -OCH3 is 2. The minimum Gasteiger partial charge on any atom is -0.497 e. The van der Waals surface area contributed by atoms with Gasteiger partial charge in [-0.25, -0.2) is 9.59 Å². The smallest absolute Gasteiger partial charge is 0.497 e. The Morgan fingerprint density at radius 2 is 1.48 bits per heavy atom. The summed E-state index contributed by atoms with van der Waals surface area (Å²) in [4.78, 5) is 36.8. The zero-order chi connectivity index (χ0) is 29.7. The van der Waals surface area contributed by atoms with Crippen molar-refractivity contribution in [3.63, 3.8) is 0 Å². The minimum atomic E-state index is -0.897. The third-order valence-corrected chi connectivity index (χ3v) is 5.26. The number of rotatable bonds is 12. The van der Waals surface area contributed by atoms with E-state index in [1.54, 1.807) is 65.3 Å². The first-order valence-corrected chi connectivity index (χ1v) is 13.0. The van der Waals surface area contributed by atoms with E-state index in [1.165, 1.54) is 0 Å². The molecule has 2 rings (SSSR count). The lowest BCUT2D eigenvalue weighted by Gasteiger charge is -2.24. The van der Waals surface area contributed by atoms with Crippen molar-refractivity contribution in [2.24, 2.45) is 5.92 Å². The maximum atomic E-state index is 12.6. The van der Waals surface area contributed by atoms with Crippen LogP contribution < -0.4 is 24.8 Å².